The van der Waals surface area contributed by atoms with E-state index >= 15 is 0 Å². The minimum atomic E-state index is -3.84. The van der Waals surface area contributed by atoms with Crippen LogP contribution in [0.15, 0.2) is 58.4 Å². The second kappa shape index (κ2) is 8.74. The van der Waals surface area contributed by atoms with E-state index in [-0.39, 0.29) is 23.2 Å². The van der Waals surface area contributed by atoms with Crippen molar-refractivity contribution in [1.29, 1.82) is 0 Å². The number of nitrogens with one attached hydrogen (secondary N) is 1. The van der Waals surface area contributed by atoms with Gasteiger partial charge in [-0.15, -0.1) is 0 Å². The highest BCUT2D eigenvalue weighted by Gasteiger charge is 2.19. The molecule has 2 aromatic carbocycles. The monoisotopic (exact) mass is 390 g/mol. The van der Waals surface area contributed by atoms with Gasteiger partial charge in [-0.3, -0.25) is 10.1 Å². The SMILES string of the molecule is Cc1ccc(N=CN(C)C(C)CNS(=O)(=O)c2cccc([N+](=O)[O-])c2)cc1. The van der Waals surface area contributed by atoms with Crippen molar-refractivity contribution in [2.45, 2.75) is 24.8 Å². The van der Waals surface area contributed by atoms with Gasteiger partial charge in [-0.2, -0.15) is 0 Å². The van der Waals surface area contributed by atoms with Crippen LogP contribution in [0.25, 0.3) is 0 Å². The lowest BCUT2D eigenvalue weighted by Crippen LogP contribution is -2.39. The van der Waals surface area contributed by atoms with Crippen LogP contribution in [0.3, 0.4) is 0 Å². The van der Waals surface area contributed by atoms with Crippen LogP contribution in [-0.2, 0) is 10.0 Å². The van der Waals surface area contributed by atoms with Crippen molar-refractivity contribution in [3.63, 3.8) is 0 Å². The van der Waals surface area contributed by atoms with Crippen molar-refractivity contribution < 1.29 is 13.3 Å². The highest BCUT2D eigenvalue weighted by Crippen LogP contribution is 2.17. The zero-order chi connectivity index (χ0) is 20.0. The summed E-state index contributed by atoms with van der Waals surface area (Å²) >= 11 is 0. The van der Waals surface area contributed by atoms with Gasteiger partial charge in [0.2, 0.25) is 10.0 Å². The van der Waals surface area contributed by atoms with E-state index in [2.05, 4.69) is 9.71 Å². The van der Waals surface area contributed by atoms with Gasteiger partial charge in [-0.25, -0.2) is 18.1 Å². The number of hydrogen-bond donors (Lipinski definition) is 1. The van der Waals surface area contributed by atoms with Crippen molar-refractivity contribution in [2.24, 2.45) is 4.99 Å². The van der Waals surface area contributed by atoms with Gasteiger partial charge in [-0.05, 0) is 32.0 Å². The zero-order valence-electron chi connectivity index (χ0n) is 15.4. The Balaban J connectivity index is 1.98. The number of aliphatic imine (C=N–C) groups is 1. The van der Waals surface area contributed by atoms with Crippen molar-refractivity contribution in [3.8, 4) is 0 Å². The van der Waals surface area contributed by atoms with Gasteiger partial charge < -0.3 is 4.90 Å². The molecule has 9 heteroatoms. The molecule has 144 valence electrons. The Morgan fingerprint density at radius 3 is 2.56 bits per heavy atom. The highest BCUT2D eigenvalue weighted by molar-refractivity contribution is 7.89. The maximum atomic E-state index is 12.4. The molecular formula is C18H22N4O4S. The maximum Gasteiger partial charge on any atom is 0.270 e. The van der Waals surface area contributed by atoms with Crippen LogP contribution in [0.5, 0.6) is 0 Å². The smallest absolute Gasteiger partial charge is 0.270 e. The molecule has 1 unspecified atom stereocenters. The van der Waals surface area contributed by atoms with E-state index in [0.717, 1.165) is 17.3 Å². The van der Waals surface area contributed by atoms with Crippen LogP contribution in [0.2, 0.25) is 0 Å². The number of likely N-dealkylation sites (N-methyl/N-ethyl adjacent to an activating group) is 1. The van der Waals surface area contributed by atoms with Gasteiger partial charge in [0.05, 0.1) is 21.8 Å². The first-order valence-electron chi connectivity index (χ1n) is 8.26. The number of rotatable bonds is 8. The molecule has 0 heterocycles. The van der Waals surface area contributed by atoms with Crippen LogP contribution in [0.1, 0.15) is 12.5 Å². The number of hydrogen-bond acceptors (Lipinski definition) is 5. The highest BCUT2D eigenvalue weighted by atomic mass is 32.2. The van der Waals surface area contributed by atoms with Crippen LogP contribution < -0.4 is 4.72 Å². The molecule has 0 aliphatic carbocycles. The van der Waals surface area contributed by atoms with Gasteiger partial charge in [0.1, 0.15) is 0 Å². The molecule has 2 aromatic rings. The van der Waals surface area contributed by atoms with Gasteiger partial charge in [0.25, 0.3) is 5.69 Å². The topological polar surface area (TPSA) is 105 Å². The van der Waals surface area contributed by atoms with Crippen LogP contribution in [0, 0.1) is 17.0 Å². The van der Waals surface area contributed by atoms with Crippen LogP contribution >= 0.6 is 0 Å². The Hall–Kier alpha value is -2.78. The first kappa shape index (κ1) is 20.5. The van der Waals surface area contributed by atoms with E-state index < -0.39 is 14.9 Å². The summed E-state index contributed by atoms with van der Waals surface area (Å²) in [5.74, 6) is 0. The van der Waals surface area contributed by atoms with Gasteiger partial charge in [0, 0.05) is 31.8 Å². The molecule has 2 rings (SSSR count). The summed E-state index contributed by atoms with van der Waals surface area (Å²) < 4.78 is 27.2. The summed E-state index contributed by atoms with van der Waals surface area (Å²) in [7, 11) is -2.05. The standard InChI is InChI=1S/C18H22N4O4S/c1-14-7-9-16(10-8-14)19-13-21(3)15(2)12-20-27(25,26)18-6-4-5-17(11-18)22(23)24/h4-11,13,15,20H,12H2,1-3H3. The number of nitro benzene ring substituents is 1. The molecular weight excluding hydrogens is 368 g/mol. The van der Waals surface area contributed by atoms with E-state index in [9.17, 15) is 18.5 Å². The Morgan fingerprint density at radius 2 is 1.93 bits per heavy atom. The minimum absolute atomic E-state index is 0.126. The molecule has 0 aliphatic heterocycles. The Labute approximate surface area is 158 Å². The summed E-state index contributed by atoms with van der Waals surface area (Å²) in [6.45, 7) is 3.97. The summed E-state index contributed by atoms with van der Waals surface area (Å²) in [6.07, 6.45) is 1.64. The lowest BCUT2D eigenvalue weighted by Gasteiger charge is -2.22. The third kappa shape index (κ3) is 5.87. The van der Waals surface area contributed by atoms with E-state index in [4.69, 9.17) is 0 Å². The molecule has 0 saturated carbocycles. The maximum absolute atomic E-state index is 12.4. The van der Waals surface area contributed by atoms with Crippen molar-refractivity contribution in [2.75, 3.05) is 13.6 Å². The average Bonchev–Trinajstić information content (AvgIpc) is 2.65. The first-order chi connectivity index (χ1) is 12.7. The number of aryl methyl sites for hydroxylation is 1. The summed E-state index contributed by atoms with van der Waals surface area (Å²) in [5.41, 5.74) is 1.68. The third-order valence-electron chi connectivity index (χ3n) is 4.03. The number of benzene rings is 2. The largest absolute Gasteiger partial charge is 0.362 e. The number of non-ortho nitro benzene ring substituents is 1. The third-order valence-corrected chi connectivity index (χ3v) is 5.45. The zero-order valence-corrected chi connectivity index (χ0v) is 16.2. The molecule has 0 radical (unpaired) electrons. The molecule has 0 saturated heterocycles. The van der Waals surface area contributed by atoms with Gasteiger partial charge in [0.15, 0.2) is 0 Å². The van der Waals surface area contributed by atoms with E-state index in [1.54, 1.807) is 18.3 Å². The summed E-state index contributed by atoms with van der Waals surface area (Å²) in [6, 6.07) is 12.5. The Morgan fingerprint density at radius 1 is 1.26 bits per heavy atom. The lowest BCUT2D eigenvalue weighted by atomic mass is 10.2. The predicted molar refractivity (Wildman–Crippen MR) is 105 cm³/mol. The van der Waals surface area contributed by atoms with Crippen LogP contribution in [0.4, 0.5) is 11.4 Å². The molecule has 1 N–H and O–H groups in total. The van der Waals surface area contributed by atoms with Gasteiger partial charge in [-0.1, -0.05) is 23.8 Å². The normalized spacial score (nSPS) is 12.9. The molecule has 0 aromatic heterocycles. The van der Waals surface area contributed by atoms with E-state index in [0.29, 0.717) is 0 Å². The summed E-state index contributed by atoms with van der Waals surface area (Å²) in [5, 5.41) is 10.8. The Bertz CT molecular complexity index is 927. The molecule has 0 amide bonds. The number of nitro groups is 1. The fourth-order valence-corrected chi connectivity index (χ4v) is 3.29. The van der Waals surface area contributed by atoms with E-state index in [1.165, 1.54) is 18.2 Å². The summed E-state index contributed by atoms with van der Waals surface area (Å²) in [4.78, 5) is 16.2. The quantitative estimate of drug-likeness (QED) is 0.323. The van der Waals surface area contributed by atoms with Gasteiger partial charge >= 0.3 is 0 Å². The Kier molecular flexibility index (Phi) is 6.65. The molecule has 0 bridgehead atoms. The minimum Gasteiger partial charge on any atom is -0.362 e. The molecule has 27 heavy (non-hydrogen) atoms. The molecule has 0 fully saturated rings. The number of nitrogens with zero attached hydrogens (tertiary/aromatic N) is 3. The van der Waals surface area contributed by atoms with Crippen LogP contribution in [-0.4, -0.2) is 44.2 Å². The second-order valence-electron chi connectivity index (χ2n) is 6.20. The number of sulfonamides is 1. The van der Waals surface area contributed by atoms with Crippen molar-refractivity contribution >= 4 is 27.7 Å². The fourth-order valence-electron chi connectivity index (χ4n) is 2.12. The second-order valence-corrected chi connectivity index (χ2v) is 7.97. The van der Waals surface area contributed by atoms with Crippen molar-refractivity contribution in [3.05, 3.63) is 64.2 Å². The average molecular weight is 390 g/mol. The lowest BCUT2D eigenvalue weighted by molar-refractivity contribution is -0.385. The van der Waals surface area contributed by atoms with E-state index in [1.807, 2.05) is 38.1 Å². The predicted octanol–water partition coefficient (Wildman–Crippen LogP) is 2.86. The molecule has 1 atom stereocenters. The molecule has 8 nitrogen and oxygen atoms in total. The fraction of sp³-hybridized carbons (Fsp3) is 0.278. The first-order valence-corrected chi connectivity index (χ1v) is 9.74. The molecule has 0 spiro atoms. The van der Waals surface area contributed by atoms with Crippen molar-refractivity contribution in [1.82, 2.24) is 9.62 Å². The molecule has 0 aliphatic rings.